The van der Waals surface area contributed by atoms with Crippen molar-refractivity contribution in [2.75, 3.05) is 11.9 Å². The van der Waals surface area contributed by atoms with Crippen molar-refractivity contribution >= 4 is 23.4 Å². The Hall–Kier alpha value is -2.27. The summed E-state index contributed by atoms with van der Waals surface area (Å²) < 4.78 is 5.80. The molecule has 0 saturated carbocycles. The molecule has 5 nitrogen and oxygen atoms in total. The maximum absolute atomic E-state index is 10.8. The van der Waals surface area contributed by atoms with Gasteiger partial charge in [-0.3, -0.25) is 0 Å². The Labute approximate surface area is 126 Å². The van der Waals surface area contributed by atoms with Crippen molar-refractivity contribution in [3.05, 3.63) is 52.7 Å². The number of aromatic nitrogens is 1. The zero-order valence-electron chi connectivity index (χ0n) is 11.0. The molecule has 0 amide bonds. The summed E-state index contributed by atoms with van der Waals surface area (Å²) in [5.74, 6) is 0.316. The molecule has 0 spiro atoms. The normalized spacial score (nSPS) is 16.1. The lowest BCUT2D eigenvalue weighted by Gasteiger charge is -2.13. The number of hydrogen-bond acceptors (Lipinski definition) is 4. The van der Waals surface area contributed by atoms with E-state index in [1.165, 1.54) is 17.8 Å². The van der Waals surface area contributed by atoms with Crippen LogP contribution in [-0.4, -0.2) is 28.7 Å². The minimum Gasteiger partial charge on any atom is -0.488 e. The van der Waals surface area contributed by atoms with Crippen LogP contribution in [0.25, 0.3) is 0 Å². The molecule has 0 aliphatic carbocycles. The van der Waals surface area contributed by atoms with Crippen molar-refractivity contribution < 1.29 is 14.6 Å². The maximum Gasteiger partial charge on any atom is 0.337 e. The van der Waals surface area contributed by atoms with E-state index in [1.54, 1.807) is 0 Å². The minimum atomic E-state index is -1.05. The van der Waals surface area contributed by atoms with Gasteiger partial charge in [0, 0.05) is 12.6 Å². The van der Waals surface area contributed by atoms with Gasteiger partial charge in [0.2, 0.25) is 0 Å². The number of aromatic carboxylic acids is 1. The fraction of sp³-hybridized carbons (Fsp3) is 0.200. The van der Waals surface area contributed by atoms with Crippen LogP contribution in [-0.2, 0) is 6.42 Å². The highest BCUT2D eigenvalue weighted by Crippen LogP contribution is 2.28. The number of rotatable bonds is 4. The van der Waals surface area contributed by atoms with Gasteiger partial charge in [0.05, 0.1) is 17.1 Å². The Balaban J connectivity index is 1.63. The first-order valence-corrected chi connectivity index (χ1v) is 6.88. The van der Waals surface area contributed by atoms with Crippen LogP contribution in [0.2, 0.25) is 5.02 Å². The second kappa shape index (κ2) is 5.61. The van der Waals surface area contributed by atoms with Gasteiger partial charge in [-0.25, -0.2) is 9.78 Å². The Morgan fingerprint density at radius 3 is 3.00 bits per heavy atom. The standard InChI is InChI=1S/C15H13ClN2O3/c16-12-6-10(15(19)20)7-17-14(12)18-8-11-5-9-3-1-2-4-13(9)21-11/h1-4,6-7,11H,5,8H2,(H,17,18)(H,19,20). The Kier molecular flexibility index (Phi) is 3.66. The second-order valence-electron chi connectivity index (χ2n) is 4.79. The smallest absolute Gasteiger partial charge is 0.337 e. The van der Waals surface area contributed by atoms with Gasteiger partial charge in [0.1, 0.15) is 17.7 Å². The molecule has 0 fully saturated rings. The van der Waals surface area contributed by atoms with E-state index in [0.29, 0.717) is 12.4 Å². The van der Waals surface area contributed by atoms with E-state index >= 15 is 0 Å². The molecule has 0 bridgehead atoms. The van der Waals surface area contributed by atoms with E-state index in [2.05, 4.69) is 10.3 Å². The first-order valence-electron chi connectivity index (χ1n) is 6.51. The van der Waals surface area contributed by atoms with Crippen molar-refractivity contribution in [2.24, 2.45) is 0 Å². The molecule has 2 aromatic rings. The zero-order chi connectivity index (χ0) is 14.8. The number of anilines is 1. The molecule has 2 N–H and O–H groups in total. The minimum absolute atomic E-state index is 0.0133. The van der Waals surface area contributed by atoms with Gasteiger partial charge in [0.15, 0.2) is 0 Å². The number of para-hydroxylation sites is 1. The van der Waals surface area contributed by atoms with Crippen molar-refractivity contribution in [3.63, 3.8) is 0 Å². The highest BCUT2D eigenvalue weighted by atomic mass is 35.5. The van der Waals surface area contributed by atoms with Crippen molar-refractivity contribution in [1.82, 2.24) is 4.98 Å². The van der Waals surface area contributed by atoms with Gasteiger partial charge in [-0.2, -0.15) is 0 Å². The largest absolute Gasteiger partial charge is 0.488 e. The molecule has 21 heavy (non-hydrogen) atoms. The Morgan fingerprint density at radius 2 is 2.29 bits per heavy atom. The van der Waals surface area contributed by atoms with Gasteiger partial charge < -0.3 is 15.2 Å². The average molecular weight is 305 g/mol. The molecule has 0 saturated heterocycles. The summed E-state index contributed by atoms with van der Waals surface area (Å²) in [4.78, 5) is 14.8. The monoisotopic (exact) mass is 304 g/mol. The fourth-order valence-electron chi connectivity index (χ4n) is 2.26. The highest BCUT2D eigenvalue weighted by Gasteiger charge is 2.22. The summed E-state index contributed by atoms with van der Waals surface area (Å²) in [6.45, 7) is 0.549. The van der Waals surface area contributed by atoms with E-state index in [4.69, 9.17) is 21.4 Å². The average Bonchev–Trinajstić information content (AvgIpc) is 2.88. The molecule has 0 radical (unpaired) electrons. The molecular formula is C15H13ClN2O3. The van der Waals surface area contributed by atoms with Crippen molar-refractivity contribution in [2.45, 2.75) is 12.5 Å². The second-order valence-corrected chi connectivity index (χ2v) is 5.20. The molecule has 1 aliphatic heterocycles. The van der Waals surface area contributed by atoms with Crippen LogP contribution in [0, 0.1) is 0 Å². The zero-order valence-corrected chi connectivity index (χ0v) is 11.8. The van der Waals surface area contributed by atoms with Crippen LogP contribution >= 0.6 is 11.6 Å². The van der Waals surface area contributed by atoms with E-state index in [9.17, 15) is 4.79 Å². The molecular weight excluding hydrogens is 292 g/mol. The quantitative estimate of drug-likeness (QED) is 0.909. The molecule has 1 unspecified atom stereocenters. The number of carboxylic acid groups (broad SMARTS) is 1. The van der Waals surface area contributed by atoms with Gasteiger partial charge in [0.25, 0.3) is 0 Å². The number of hydrogen-bond donors (Lipinski definition) is 2. The molecule has 3 rings (SSSR count). The number of ether oxygens (including phenoxy) is 1. The Bertz CT molecular complexity index is 665. The van der Waals surface area contributed by atoms with E-state index in [0.717, 1.165) is 12.2 Å². The number of pyridine rings is 1. The molecule has 6 heteroatoms. The maximum atomic E-state index is 10.8. The predicted molar refractivity (Wildman–Crippen MR) is 79.3 cm³/mol. The lowest BCUT2D eigenvalue weighted by Crippen LogP contribution is -2.24. The predicted octanol–water partition coefficient (Wildman–Crippen LogP) is 2.85. The van der Waals surface area contributed by atoms with Crippen LogP contribution in [0.15, 0.2) is 36.5 Å². The summed E-state index contributed by atoms with van der Waals surface area (Å²) in [6.07, 6.45) is 2.12. The number of halogens is 1. The Morgan fingerprint density at radius 1 is 1.48 bits per heavy atom. The van der Waals surface area contributed by atoms with Gasteiger partial charge in [-0.05, 0) is 17.7 Å². The molecule has 1 aliphatic rings. The number of nitrogens with one attached hydrogen (secondary N) is 1. The first-order chi connectivity index (χ1) is 10.1. The summed E-state index contributed by atoms with van der Waals surface area (Å²) in [6, 6.07) is 9.30. The third kappa shape index (κ3) is 2.92. The van der Waals surface area contributed by atoms with Crippen LogP contribution < -0.4 is 10.1 Å². The topological polar surface area (TPSA) is 71.5 Å². The SMILES string of the molecule is O=C(O)c1cnc(NCC2Cc3ccccc3O2)c(Cl)c1. The third-order valence-corrected chi connectivity index (χ3v) is 3.59. The molecule has 1 aromatic carbocycles. The highest BCUT2D eigenvalue weighted by molar-refractivity contribution is 6.33. The fourth-order valence-corrected chi connectivity index (χ4v) is 2.50. The van der Waals surface area contributed by atoms with Crippen LogP contribution in [0.3, 0.4) is 0 Å². The summed E-state index contributed by atoms with van der Waals surface area (Å²) >= 11 is 6.02. The van der Waals surface area contributed by atoms with Crippen molar-refractivity contribution in [3.8, 4) is 5.75 Å². The van der Waals surface area contributed by atoms with Gasteiger partial charge >= 0.3 is 5.97 Å². The number of nitrogens with zero attached hydrogens (tertiary/aromatic N) is 1. The molecule has 1 aromatic heterocycles. The molecule has 1 atom stereocenters. The summed E-state index contributed by atoms with van der Waals surface area (Å²) in [5.41, 5.74) is 1.25. The number of fused-ring (bicyclic) bond motifs is 1. The lowest BCUT2D eigenvalue weighted by atomic mass is 10.1. The third-order valence-electron chi connectivity index (χ3n) is 3.30. The lowest BCUT2D eigenvalue weighted by molar-refractivity contribution is 0.0696. The van der Waals surface area contributed by atoms with Crippen molar-refractivity contribution in [1.29, 1.82) is 0 Å². The first kappa shape index (κ1) is 13.7. The molecule has 108 valence electrons. The number of carboxylic acids is 1. The number of benzene rings is 1. The van der Waals surface area contributed by atoms with E-state index in [1.807, 2.05) is 24.3 Å². The molecule has 2 heterocycles. The summed E-state index contributed by atoms with van der Waals surface area (Å²) in [7, 11) is 0. The van der Waals surface area contributed by atoms with Crippen LogP contribution in [0.4, 0.5) is 5.82 Å². The van der Waals surface area contributed by atoms with Gasteiger partial charge in [-0.1, -0.05) is 29.8 Å². The van der Waals surface area contributed by atoms with E-state index in [-0.39, 0.29) is 16.7 Å². The summed E-state index contributed by atoms with van der Waals surface area (Å²) in [5, 5.41) is 12.2. The van der Waals surface area contributed by atoms with Crippen LogP contribution in [0.5, 0.6) is 5.75 Å². The number of carbonyl (C=O) groups is 1. The van der Waals surface area contributed by atoms with Gasteiger partial charge in [-0.15, -0.1) is 0 Å². The van der Waals surface area contributed by atoms with E-state index < -0.39 is 5.97 Å². The van der Waals surface area contributed by atoms with Crippen LogP contribution in [0.1, 0.15) is 15.9 Å².